The first kappa shape index (κ1) is 17.0. The normalized spacial score (nSPS) is 14.7. The number of carbonyl (C=O) groups excluding carboxylic acids is 1. The number of hydrogen-bond donors (Lipinski definition) is 0. The summed E-state index contributed by atoms with van der Waals surface area (Å²) in [6.07, 6.45) is 8.37. The first-order valence-electron chi connectivity index (χ1n) is 7.75. The molecule has 7 heteroatoms. The molecule has 1 aromatic heterocycles. The van der Waals surface area contributed by atoms with Crippen LogP contribution in [0.2, 0.25) is 0 Å². The molecule has 2 rings (SSSR count). The minimum absolute atomic E-state index is 0.141. The molecule has 0 radical (unpaired) electrons. The Morgan fingerprint density at radius 1 is 1.50 bits per heavy atom. The first-order valence-corrected chi connectivity index (χ1v) is 8.73. The fraction of sp³-hybridized carbons (Fsp3) is 0.667. The highest BCUT2D eigenvalue weighted by molar-refractivity contribution is 7.99. The van der Waals surface area contributed by atoms with E-state index < -0.39 is 0 Å². The summed E-state index contributed by atoms with van der Waals surface area (Å²) in [6.45, 7) is 4.05. The van der Waals surface area contributed by atoms with Crippen molar-refractivity contribution in [3.8, 4) is 0 Å². The lowest BCUT2D eigenvalue weighted by atomic mass is 10.0. The molecule has 122 valence electrons. The van der Waals surface area contributed by atoms with Crippen molar-refractivity contribution in [3.05, 3.63) is 18.1 Å². The maximum absolute atomic E-state index is 12.5. The number of carbonyl (C=O) groups is 1. The first-order chi connectivity index (χ1) is 10.8. The van der Waals surface area contributed by atoms with Gasteiger partial charge in [0, 0.05) is 25.9 Å². The maximum atomic E-state index is 12.5. The summed E-state index contributed by atoms with van der Waals surface area (Å²) < 4.78 is 6.98. The highest BCUT2D eigenvalue weighted by Crippen LogP contribution is 2.23. The summed E-state index contributed by atoms with van der Waals surface area (Å²) in [5.41, 5.74) is 1.18. The molecule has 1 amide bonds. The summed E-state index contributed by atoms with van der Waals surface area (Å²) in [5, 5.41) is 8.74. The van der Waals surface area contributed by atoms with Gasteiger partial charge in [-0.1, -0.05) is 17.8 Å². The highest BCUT2D eigenvalue weighted by Gasteiger charge is 2.18. The van der Waals surface area contributed by atoms with Crippen LogP contribution in [0.5, 0.6) is 0 Å². The number of thioether (sulfide) groups is 1. The van der Waals surface area contributed by atoms with E-state index in [1.807, 2.05) is 16.4 Å². The van der Waals surface area contributed by atoms with Crippen LogP contribution in [0.3, 0.4) is 0 Å². The highest BCUT2D eigenvalue weighted by atomic mass is 32.2. The third-order valence-electron chi connectivity index (χ3n) is 3.67. The molecule has 0 unspecified atom stereocenters. The number of methoxy groups -OCH3 is 1. The SMILES string of the molecule is CCN(C(=O)CSc1nncn1CCOC)C1=CCCCC1. The molecule has 0 aromatic carbocycles. The molecular formula is C15H24N4O2S. The Bertz CT molecular complexity index is 515. The second-order valence-electron chi connectivity index (χ2n) is 5.17. The molecule has 1 aromatic rings. The van der Waals surface area contributed by atoms with E-state index in [-0.39, 0.29) is 5.91 Å². The second kappa shape index (κ2) is 8.95. The zero-order valence-electron chi connectivity index (χ0n) is 13.3. The third-order valence-corrected chi connectivity index (χ3v) is 4.64. The molecule has 0 N–H and O–H groups in total. The van der Waals surface area contributed by atoms with Gasteiger partial charge >= 0.3 is 0 Å². The topological polar surface area (TPSA) is 60.2 Å². The Labute approximate surface area is 135 Å². The van der Waals surface area contributed by atoms with Crippen molar-refractivity contribution in [3.63, 3.8) is 0 Å². The number of nitrogens with zero attached hydrogens (tertiary/aromatic N) is 4. The van der Waals surface area contributed by atoms with Crippen molar-refractivity contribution in [1.82, 2.24) is 19.7 Å². The van der Waals surface area contributed by atoms with Crippen LogP contribution in [-0.4, -0.2) is 51.6 Å². The minimum atomic E-state index is 0.141. The van der Waals surface area contributed by atoms with Gasteiger partial charge in [-0.25, -0.2) is 0 Å². The molecular weight excluding hydrogens is 300 g/mol. The molecule has 0 bridgehead atoms. The Morgan fingerprint density at radius 2 is 2.36 bits per heavy atom. The minimum Gasteiger partial charge on any atom is -0.383 e. The molecule has 6 nitrogen and oxygen atoms in total. The average Bonchev–Trinajstić information content (AvgIpc) is 3.00. The van der Waals surface area contributed by atoms with E-state index in [0.717, 1.165) is 24.5 Å². The van der Waals surface area contributed by atoms with Crippen LogP contribution in [0.25, 0.3) is 0 Å². The van der Waals surface area contributed by atoms with Gasteiger partial charge < -0.3 is 14.2 Å². The van der Waals surface area contributed by atoms with Crippen LogP contribution < -0.4 is 0 Å². The third kappa shape index (κ3) is 4.58. The molecule has 1 aliphatic carbocycles. The zero-order valence-corrected chi connectivity index (χ0v) is 14.1. The van der Waals surface area contributed by atoms with Gasteiger partial charge in [-0.3, -0.25) is 4.79 Å². The van der Waals surface area contributed by atoms with Gasteiger partial charge in [0.1, 0.15) is 6.33 Å². The zero-order chi connectivity index (χ0) is 15.8. The summed E-state index contributed by atoms with van der Waals surface area (Å²) in [7, 11) is 1.66. The monoisotopic (exact) mass is 324 g/mol. The molecule has 0 spiro atoms. The summed E-state index contributed by atoms with van der Waals surface area (Å²) in [5.74, 6) is 0.526. The van der Waals surface area contributed by atoms with E-state index in [0.29, 0.717) is 18.9 Å². The predicted octanol–water partition coefficient (Wildman–Crippen LogP) is 2.32. The van der Waals surface area contributed by atoms with Crippen LogP contribution in [0.15, 0.2) is 23.3 Å². The molecule has 0 atom stereocenters. The lowest BCUT2D eigenvalue weighted by molar-refractivity contribution is -0.126. The molecule has 22 heavy (non-hydrogen) atoms. The van der Waals surface area contributed by atoms with Crippen molar-refractivity contribution < 1.29 is 9.53 Å². The Balaban J connectivity index is 1.91. The van der Waals surface area contributed by atoms with Crippen LogP contribution in [0, 0.1) is 0 Å². The Morgan fingerprint density at radius 3 is 3.05 bits per heavy atom. The van der Waals surface area contributed by atoms with Crippen LogP contribution in [0.1, 0.15) is 32.6 Å². The predicted molar refractivity (Wildman–Crippen MR) is 86.6 cm³/mol. The average molecular weight is 324 g/mol. The Hall–Kier alpha value is -1.34. The van der Waals surface area contributed by atoms with E-state index in [1.54, 1.807) is 13.4 Å². The largest absolute Gasteiger partial charge is 0.383 e. The van der Waals surface area contributed by atoms with Gasteiger partial charge in [0.25, 0.3) is 0 Å². The number of allylic oxidation sites excluding steroid dienone is 2. The van der Waals surface area contributed by atoms with E-state index in [4.69, 9.17) is 4.74 Å². The van der Waals surface area contributed by atoms with Crippen LogP contribution in [0.4, 0.5) is 0 Å². The van der Waals surface area contributed by atoms with Crippen molar-refractivity contribution in [2.24, 2.45) is 0 Å². The van der Waals surface area contributed by atoms with Gasteiger partial charge in [-0.15, -0.1) is 10.2 Å². The van der Waals surface area contributed by atoms with E-state index in [9.17, 15) is 4.79 Å². The number of ether oxygens (including phenoxy) is 1. The van der Waals surface area contributed by atoms with Crippen molar-refractivity contribution in [1.29, 1.82) is 0 Å². The maximum Gasteiger partial charge on any atom is 0.237 e. The van der Waals surface area contributed by atoms with E-state index >= 15 is 0 Å². The number of hydrogen-bond acceptors (Lipinski definition) is 5. The van der Waals surface area contributed by atoms with Gasteiger partial charge in [-0.05, 0) is 32.6 Å². The summed E-state index contributed by atoms with van der Waals surface area (Å²) in [6, 6.07) is 0. The number of aromatic nitrogens is 3. The second-order valence-corrected chi connectivity index (χ2v) is 6.11. The van der Waals surface area contributed by atoms with Crippen LogP contribution >= 0.6 is 11.8 Å². The number of rotatable bonds is 8. The van der Waals surface area contributed by atoms with Gasteiger partial charge in [0.05, 0.1) is 12.4 Å². The number of amides is 1. The fourth-order valence-electron chi connectivity index (χ4n) is 2.51. The van der Waals surface area contributed by atoms with Gasteiger partial charge in [0.15, 0.2) is 5.16 Å². The molecule has 1 aliphatic rings. The Kier molecular flexibility index (Phi) is 6.92. The molecule has 1 heterocycles. The standard InChI is InChI=1S/C15H24N4O2S/c1-3-19(13-7-5-4-6-8-13)14(20)11-22-15-17-16-12-18(15)9-10-21-2/h7,12H,3-6,8-11H2,1-2H3. The molecule has 0 saturated heterocycles. The van der Waals surface area contributed by atoms with Crippen molar-refractivity contribution in [2.75, 3.05) is 26.0 Å². The summed E-state index contributed by atoms with van der Waals surface area (Å²) in [4.78, 5) is 14.4. The van der Waals surface area contributed by atoms with Gasteiger partial charge in [0.2, 0.25) is 5.91 Å². The molecule has 0 aliphatic heterocycles. The van der Waals surface area contributed by atoms with E-state index in [1.165, 1.54) is 30.3 Å². The van der Waals surface area contributed by atoms with Gasteiger partial charge in [-0.2, -0.15) is 0 Å². The van der Waals surface area contributed by atoms with Crippen molar-refractivity contribution >= 4 is 17.7 Å². The lowest BCUT2D eigenvalue weighted by Gasteiger charge is -2.26. The molecule has 0 fully saturated rings. The van der Waals surface area contributed by atoms with Crippen LogP contribution in [-0.2, 0) is 16.1 Å². The molecule has 0 saturated carbocycles. The van der Waals surface area contributed by atoms with E-state index in [2.05, 4.69) is 16.3 Å². The quantitative estimate of drug-likeness (QED) is 0.687. The smallest absolute Gasteiger partial charge is 0.237 e. The summed E-state index contributed by atoms with van der Waals surface area (Å²) >= 11 is 1.44. The van der Waals surface area contributed by atoms with Crippen molar-refractivity contribution in [2.45, 2.75) is 44.3 Å². The fourth-order valence-corrected chi connectivity index (χ4v) is 3.33. The lowest BCUT2D eigenvalue weighted by Crippen LogP contribution is -2.32.